The first-order valence-corrected chi connectivity index (χ1v) is 8.32. The molecule has 2 aromatic carbocycles. The van der Waals surface area contributed by atoms with Crippen molar-refractivity contribution in [2.24, 2.45) is 0 Å². The van der Waals surface area contributed by atoms with Crippen LogP contribution in [0.25, 0.3) is 5.69 Å². The van der Waals surface area contributed by atoms with Crippen LogP contribution in [0.1, 0.15) is 16.2 Å². The van der Waals surface area contributed by atoms with Crippen molar-refractivity contribution in [3.8, 4) is 5.69 Å². The van der Waals surface area contributed by atoms with Gasteiger partial charge in [0.2, 0.25) is 0 Å². The summed E-state index contributed by atoms with van der Waals surface area (Å²) < 4.78 is 1.73. The van der Waals surface area contributed by atoms with Crippen LogP contribution in [-0.4, -0.2) is 20.9 Å². The average molecular weight is 343 g/mol. The third kappa shape index (κ3) is 2.60. The van der Waals surface area contributed by atoms with Crippen molar-refractivity contribution < 1.29 is 4.79 Å². The zero-order chi connectivity index (χ0) is 15.8. The molecule has 2 heterocycles. The number of aromatic nitrogens is 3. The summed E-state index contributed by atoms with van der Waals surface area (Å²) in [4.78, 5) is 13.6. The van der Waals surface area contributed by atoms with Gasteiger partial charge in [0.1, 0.15) is 0 Å². The van der Waals surface area contributed by atoms with Crippen LogP contribution in [0.4, 0.5) is 5.69 Å². The molecule has 0 saturated heterocycles. The molecule has 5 nitrogen and oxygen atoms in total. The van der Waals surface area contributed by atoms with E-state index < -0.39 is 0 Å². The lowest BCUT2D eigenvalue weighted by Gasteiger charge is -2.16. The molecular weight excluding hydrogens is 332 g/mol. The molecule has 1 aromatic heterocycles. The topological polar surface area (TPSA) is 59.8 Å². The molecule has 1 N–H and O–H groups in total. The van der Waals surface area contributed by atoms with Gasteiger partial charge in [0.25, 0.3) is 5.91 Å². The Labute approximate surface area is 141 Å². The van der Waals surface area contributed by atoms with E-state index in [0.29, 0.717) is 22.2 Å². The normalized spacial score (nSPS) is 12.4. The first-order chi connectivity index (χ1) is 11.2. The van der Waals surface area contributed by atoms with Gasteiger partial charge in [0.05, 0.1) is 11.4 Å². The quantitative estimate of drug-likeness (QED) is 0.770. The van der Waals surface area contributed by atoms with E-state index in [-0.39, 0.29) is 5.91 Å². The molecule has 0 atom stereocenters. The molecule has 23 heavy (non-hydrogen) atoms. The number of para-hydroxylation sites is 1. The standard InChI is InChI=1S/C16H11ClN4OS/c17-10-4-3-5-11(8-10)18-16(22)15-13-9-23-14-7-2-1-6-12(14)21(13)20-19-15/h1-8H,9H2,(H,18,22). The Kier molecular flexibility index (Phi) is 3.55. The van der Waals surface area contributed by atoms with Crippen molar-refractivity contribution in [3.63, 3.8) is 0 Å². The first kappa shape index (κ1) is 14.3. The van der Waals surface area contributed by atoms with Crippen molar-refractivity contribution >= 4 is 35.0 Å². The minimum Gasteiger partial charge on any atom is -0.320 e. The van der Waals surface area contributed by atoms with Crippen molar-refractivity contribution in [3.05, 3.63) is 64.9 Å². The molecule has 0 saturated carbocycles. The number of carbonyl (C=O) groups excluding carboxylic acids is 1. The SMILES string of the molecule is O=C(Nc1cccc(Cl)c1)c1nnn2c1CSc1ccccc1-2. The van der Waals surface area contributed by atoms with Crippen LogP contribution in [0.5, 0.6) is 0 Å². The second kappa shape index (κ2) is 5.72. The lowest BCUT2D eigenvalue weighted by atomic mass is 10.2. The van der Waals surface area contributed by atoms with Crippen LogP contribution < -0.4 is 5.32 Å². The maximum atomic E-state index is 12.5. The Balaban J connectivity index is 1.67. The molecule has 1 aliphatic heterocycles. The number of benzene rings is 2. The molecule has 0 fully saturated rings. The zero-order valence-corrected chi connectivity index (χ0v) is 13.4. The summed E-state index contributed by atoms with van der Waals surface area (Å²) in [6.45, 7) is 0. The summed E-state index contributed by atoms with van der Waals surface area (Å²) in [6.07, 6.45) is 0. The molecule has 0 aliphatic carbocycles. The van der Waals surface area contributed by atoms with Gasteiger partial charge in [-0.25, -0.2) is 4.68 Å². The van der Waals surface area contributed by atoms with Gasteiger partial charge in [0.15, 0.2) is 5.69 Å². The number of halogens is 1. The number of carbonyl (C=O) groups is 1. The van der Waals surface area contributed by atoms with Gasteiger partial charge in [-0.2, -0.15) is 0 Å². The van der Waals surface area contributed by atoms with Crippen molar-refractivity contribution in [2.45, 2.75) is 10.6 Å². The van der Waals surface area contributed by atoms with E-state index in [1.807, 2.05) is 24.3 Å². The van der Waals surface area contributed by atoms with Crippen molar-refractivity contribution in [1.29, 1.82) is 0 Å². The minimum absolute atomic E-state index is 0.284. The highest BCUT2D eigenvalue weighted by Gasteiger charge is 2.25. The highest BCUT2D eigenvalue weighted by molar-refractivity contribution is 7.98. The maximum absolute atomic E-state index is 12.5. The Bertz CT molecular complexity index is 909. The number of nitrogens with zero attached hydrogens (tertiary/aromatic N) is 3. The summed E-state index contributed by atoms with van der Waals surface area (Å²) in [5.74, 6) is 0.371. The lowest BCUT2D eigenvalue weighted by molar-refractivity contribution is 0.102. The molecule has 7 heteroatoms. The maximum Gasteiger partial charge on any atom is 0.278 e. The summed E-state index contributed by atoms with van der Waals surface area (Å²) >= 11 is 7.61. The summed E-state index contributed by atoms with van der Waals surface area (Å²) in [6, 6.07) is 15.0. The van der Waals surface area contributed by atoms with E-state index in [1.54, 1.807) is 40.7 Å². The lowest BCUT2D eigenvalue weighted by Crippen LogP contribution is -2.16. The number of hydrogen-bond acceptors (Lipinski definition) is 4. The van der Waals surface area contributed by atoms with E-state index in [0.717, 1.165) is 16.3 Å². The Morgan fingerprint density at radius 2 is 2.09 bits per heavy atom. The monoisotopic (exact) mass is 342 g/mol. The minimum atomic E-state index is -0.284. The molecular formula is C16H11ClN4OS. The Hall–Kier alpha value is -2.31. The molecule has 0 spiro atoms. The Morgan fingerprint density at radius 3 is 2.96 bits per heavy atom. The van der Waals surface area contributed by atoms with E-state index in [4.69, 9.17) is 11.6 Å². The van der Waals surface area contributed by atoms with Gasteiger partial charge < -0.3 is 5.32 Å². The van der Waals surface area contributed by atoms with Crippen LogP contribution in [0.2, 0.25) is 5.02 Å². The van der Waals surface area contributed by atoms with Gasteiger partial charge in [0, 0.05) is 21.4 Å². The molecule has 3 aromatic rings. The van der Waals surface area contributed by atoms with Crippen LogP contribution in [0, 0.1) is 0 Å². The second-order valence-electron chi connectivity index (χ2n) is 5.02. The first-order valence-electron chi connectivity index (χ1n) is 6.96. The fourth-order valence-electron chi connectivity index (χ4n) is 2.46. The number of hydrogen-bond donors (Lipinski definition) is 1. The number of nitrogens with one attached hydrogen (secondary N) is 1. The largest absolute Gasteiger partial charge is 0.320 e. The number of thioether (sulfide) groups is 1. The average Bonchev–Trinajstić information content (AvgIpc) is 2.99. The van der Waals surface area contributed by atoms with Gasteiger partial charge >= 0.3 is 0 Å². The number of anilines is 1. The molecule has 0 bridgehead atoms. The number of amides is 1. The van der Waals surface area contributed by atoms with Crippen LogP contribution in [0.3, 0.4) is 0 Å². The van der Waals surface area contributed by atoms with Gasteiger partial charge in [-0.3, -0.25) is 4.79 Å². The molecule has 1 amide bonds. The van der Waals surface area contributed by atoms with Crippen LogP contribution in [-0.2, 0) is 5.75 Å². The highest BCUT2D eigenvalue weighted by atomic mass is 35.5. The second-order valence-corrected chi connectivity index (χ2v) is 6.47. The predicted octanol–water partition coefficient (Wildman–Crippen LogP) is 3.78. The smallest absolute Gasteiger partial charge is 0.278 e. The molecule has 114 valence electrons. The van der Waals surface area contributed by atoms with E-state index in [1.165, 1.54) is 0 Å². The van der Waals surface area contributed by atoms with E-state index >= 15 is 0 Å². The van der Waals surface area contributed by atoms with Crippen molar-refractivity contribution in [1.82, 2.24) is 15.0 Å². The predicted molar refractivity (Wildman–Crippen MR) is 90.3 cm³/mol. The van der Waals surface area contributed by atoms with Crippen LogP contribution in [0.15, 0.2) is 53.4 Å². The number of rotatable bonds is 2. The molecule has 0 unspecified atom stereocenters. The third-order valence-electron chi connectivity index (χ3n) is 3.52. The molecule has 0 radical (unpaired) electrons. The highest BCUT2D eigenvalue weighted by Crippen LogP contribution is 2.35. The fraction of sp³-hybridized carbons (Fsp3) is 0.0625. The summed E-state index contributed by atoms with van der Waals surface area (Å²) in [7, 11) is 0. The Morgan fingerprint density at radius 1 is 1.22 bits per heavy atom. The molecule has 4 rings (SSSR count). The van der Waals surface area contributed by atoms with Gasteiger partial charge in [-0.05, 0) is 30.3 Å². The molecule has 1 aliphatic rings. The van der Waals surface area contributed by atoms with Gasteiger partial charge in [-0.15, -0.1) is 16.9 Å². The van der Waals surface area contributed by atoms with Crippen molar-refractivity contribution in [2.75, 3.05) is 5.32 Å². The van der Waals surface area contributed by atoms with E-state index in [9.17, 15) is 4.79 Å². The van der Waals surface area contributed by atoms with E-state index in [2.05, 4.69) is 15.6 Å². The third-order valence-corrected chi connectivity index (χ3v) is 4.83. The van der Waals surface area contributed by atoms with Crippen LogP contribution >= 0.6 is 23.4 Å². The summed E-state index contributed by atoms with van der Waals surface area (Å²) in [5.41, 5.74) is 2.72. The fourth-order valence-corrected chi connectivity index (χ4v) is 3.68. The summed E-state index contributed by atoms with van der Waals surface area (Å²) in [5, 5.41) is 11.6. The number of fused-ring (bicyclic) bond motifs is 3. The van der Waals surface area contributed by atoms with Gasteiger partial charge in [-0.1, -0.05) is 35.0 Å². The zero-order valence-electron chi connectivity index (χ0n) is 11.9.